The van der Waals surface area contributed by atoms with Crippen LogP contribution in [0.4, 0.5) is 11.4 Å². The third kappa shape index (κ3) is 2.50. The standard InChI is InChI=1S/C19H23N3O2/c1-4-13-17(12(3)23)11(2)21-18(13)19(24)22-10-6-7-14-15(20)8-5-9-16(14)22/h5,8-9,21H,4,6-7,10,20H2,1-3H3. The van der Waals surface area contributed by atoms with Crippen molar-refractivity contribution in [2.75, 3.05) is 17.2 Å². The maximum absolute atomic E-state index is 13.2. The van der Waals surface area contributed by atoms with E-state index in [2.05, 4.69) is 4.98 Å². The topological polar surface area (TPSA) is 79.2 Å². The van der Waals surface area contributed by atoms with Crippen molar-refractivity contribution < 1.29 is 9.59 Å². The number of hydrogen-bond donors (Lipinski definition) is 2. The minimum atomic E-state index is -0.0889. The van der Waals surface area contributed by atoms with Crippen LogP contribution in [-0.2, 0) is 12.8 Å². The van der Waals surface area contributed by atoms with E-state index in [4.69, 9.17) is 5.73 Å². The van der Waals surface area contributed by atoms with Gasteiger partial charge in [-0.3, -0.25) is 9.59 Å². The van der Waals surface area contributed by atoms with Gasteiger partial charge in [-0.15, -0.1) is 0 Å². The lowest BCUT2D eigenvalue weighted by molar-refractivity contribution is 0.0979. The fourth-order valence-corrected chi connectivity index (χ4v) is 3.69. The molecule has 1 aromatic heterocycles. The SMILES string of the molecule is CCc1c(C(=O)N2CCCc3c(N)cccc32)[nH]c(C)c1C(C)=O. The number of carbonyl (C=O) groups excluding carboxylic acids is 2. The number of anilines is 2. The van der Waals surface area contributed by atoms with Gasteiger partial charge < -0.3 is 15.6 Å². The zero-order chi connectivity index (χ0) is 17.4. The van der Waals surface area contributed by atoms with Gasteiger partial charge in [0.25, 0.3) is 5.91 Å². The second-order valence-electron chi connectivity index (χ2n) is 6.29. The van der Waals surface area contributed by atoms with Crippen molar-refractivity contribution in [1.29, 1.82) is 0 Å². The molecule has 1 aliphatic heterocycles. The maximum Gasteiger partial charge on any atom is 0.275 e. The number of rotatable bonds is 3. The Morgan fingerprint density at radius 3 is 2.75 bits per heavy atom. The third-order valence-corrected chi connectivity index (χ3v) is 4.74. The number of ketones is 1. The van der Waals surface area contributed by atoms with Gasteiger partial charge in [-0.2, -0.15) is 0 Å². The first-order chi connectivity index (χ1) is 11.5. The molecule has 0 aliphatic carbocycles. The lowest BCUT2D eigenvalue weighted by Crippen LogP contribution is -2.36. The molecule has 0 atom stereocenters. The molecule has 0 fully saturated rings. The summed E-state index contributed by atoms with van der Waals surface area (Å²) >= 11 is 0. The van der Waals surface area contributed by atoms with Crippen LogP contribution in [0.2, 0.25) is 0 Å². The maximum atomic E-state index is 13.2. The summed E-state index contributed by atoms with van der Waals surface area (Å²) in [4.78, 5) is 30.0. The number of benzene rings is 1. The molecule has 0 unspecified atom stereocenters. The Labute approximate surface area is 141 Å². The first-order valence-corrected chi connectivity index (χ1v) is 8.37. The Morgan fingerprint density at radius 2 is 2.08 bits per heavy atom. The number of fused-ring (bicyclic) bond motifs is 1. The van der Waals surface area contributed by atoms with E-state index >= 15 is 0 Å². The van der Waals surface area contributed by atoms with Crippen molar-refractivity contribution in [3.63, 3.8) is 0 Å². The van der Waals surface area contributed by atoms with E-state index in [-0.39, 0.29) is 11.7 Å². The molecule has 24 heavy (non-hydrogen) atoms. The smallest absolute Gasteiger partial charge is 0.275 e. The molecule has 2 heterocycles. The highest BCUT2D eigenvalue weighted by Gasteiger charge is 2.29. The highest BCUT2D eigenvalue weighted by Crippen LogP contribution is 2.33. The molecule has 1 amide bonds. The van der Waals surface area contributed by atoms with Gasteiger partial charge >= 0.3 is 0 Å². The summed E-state index contributed by atoms with van der Waals surface area (Å²) < 4.78 is 0. The molecule has 3 rings (SSSR count). The predicted molar refractivity (Wildman–Crippen MR) is 95.8 cm³/mol. The van der Waals surface area contributed by atoms with Crippen LogP contribution in [0, 0.1) is 6.92 Å². The Bertz CT molecular complexity index is 820. The summed E-state index contributed by atoms with van der Waals surface area (Å²) in [6, 6.07) is 5.69. The number of H-pyrrole nitrogens is 1. The minimum Gasteiger partial charge on any atom is -0.398 e. The van der Waals surface area contributed by atoms with E-state index in [1.54, 1.807) is 11.8 Å². The number of nitrogens with two attached hydrogens (primary N) is 1. The monoisotopic (exact) mass is 325 g/mol. The predicted octanol–water partition coefficient (Wildman–Crippen LogP) is 3.26. The number of nitrogens with zero attached hydrogens (tertiary/aromatic N) is 1. The lowest BCUT2D eigenvalue weighted by atomic mass is 9.98. The van der Waals surface area contributed by atoms with Crippen LogP contribution in [-0.4, -0.2) is 23.2 Å². The van der Waals surface area contributed by atoms with Crippen molar-refractivity contribution >= 4 is 23.1 Å². The van der Waals surface area contributed by atoms with Gasteiger partial charge in [-0.1, -0.05) is 13.0 Å². The number of amides is 1. The number of carbonyl (C=O) groups is 2. The van der Waals surface area contributed by atoms with E-state index < -0.39 is 0 Å². The molecule has 0 radical (unpaired) electrons. The number of aromatic amines is 1. The van der Waals surface area contributed by atoms with Crippen molar-refractivity contribution in [3.8, 4) is 0 Å². The highest BCUT2D eigenvalue weighted by atomic mass is 16.2. The second-order valence-corrected chi connectivity index (χ2v) is 6.29. The largest absolute Gasteiger partial charge is 0.398 e. The Kier molecular flexibility index (Phi) is 4.18. The number of hydrogen-bond acceptors (Lipinski definition) is 3. The Balaban J connectivity index is 2.08. The molecular formula is C19H23N3O2. The molecule has 3 N–H and O–H groups in total. The number of Topliss-reactive ketones (excluding diaryl/α,β-unsaturated/α-hetero) is 1. The van der Waals surface area contributed by atoms with E-state index in [0.29, 0.717) is 24.2 Å². The van der Waals surface area contributed by atoms with Crippen LogP contribution in [0.15, 0.2) is 18.2 Å². The average Bonchev–Trinajstić information content (AvgIpc) is 2.90. The summed E-state index contributed by atoms with van der Waals surface area (Å²) in [6.45, 7) is 6.01. The van der Waals surface area contributed by atoms with Crippen molar-refractivity contribution in [1.82, 2.24) is 4.98 Å². The van der Waals surface area contributed by atoms with Gasteiger partial charge in [-0.25, -0.2) is 0 Å². The Morgan fingerprint density at radius 1 is 1.33 bits per heavy atom. The summed E-state index contributed by atoms with van der Waals surface area (Å²) in [6.07, 6.45) is 2.40. The van der Waals surface area contributed by atoms with E-state index in [0.717, 1.165) is 41.0 Å². The summed E-state index contributed by atoms with van der Waals surface area (Å²) in [5.74, 6) is -0.100. The normalized spacial score (nSPS) is 13.7. The molecular weight excluding hydrogens is 302 g/mol. The molecule has 2 aromatic rings. The van der Waals surface area contributed by atoms with E-state index in [1.807, 2.05) is 32.0 Å². The highest BCUT2D eigenvalue weighted by molar-refractivity contribution is 6.09. The van der Waals surface area contributed by atoms with Gasteiger partial charge in [0.05, 0.1) is 0 Å². The first kappa shape index (κ1) is 16.3. The molecule has 1 aromatic carbocycles. The average molecular weight is 325 g/mol. The Hall–Kier alpha value is -2.56. The first-order valence-electron chi connectivity index (χ1n) is 8.37. The van der Waals surface area contributed by atoms with Gasteiger partial charge in [0.15, 0.2) is 5.78 Å². The molecule has 5 nitrogen and oxygen atoms in total. The summed E-state index contributed by atoms with van der Waals surface area (Å²) in [7, 11) is 0. The van der Waals surface area contributed by atoms with Gasteiger partial charge in [0, 0.05) is 29.2 Å². The zero-order valence-corrected chi connectivity index (χ0v) is 14.4. The second kappa shape index (κ2) is 6.15. The molecule has 0 saturated heterocycles. The molecule has 0 spiro atoms. The fourth-order valence-electron chi connectivity index (χ4n) is 3.69. The van der Waals surface area contributed by atoms with Gasteiger partial charge in [0.1, 0.15) is 5.69 Å². The van der Waals surface area contributed by atoms with Crippen LogP contribution in [0.3, 0.4) is 0 Å². The molecule has 1 aliphatic rings. The molecule has 0 saturated carbocycles. The van der Waals surface area contributed by atoms with Crippen LogP contribution in [0.25, 0.3) is 0 Å². The van der Waals surface area contributed by atoms with Crippen LogP contribution in [0.1, 0.15) is 57.9 Å². The van der Waals surface area contributed by atoms with Crippen molar-refractivity contribution in [3.05, 3.63) is 46.3 Å². The third-order valence-electron chi connectivity index (χ3n) is 4.74. The lowest BCUT2D eigenvalue weighted by Gasteiger charge is -2.30. The fraction of sp³-hybridized carbons (Fsp3) is 0.368. The van der Waals surface area contributed by atoms with E-state index in [9.17, 15) is 9.59 Å². The number of nitrogens with one attached hydrogen (secondary N) is 1. The zero-order valence-electron chi connectivity index (χ0n) is 14.4. The van der Waals surface area contributed by atoms with Crippen molar-refractivity contribution in [2.24, 2.45) is 0 Å². The number of aryl methyl sites for hydroxylation is 1. The van der Waals surface area contributed by atoms with Crippen molar-refractivity contribution in [2.45, 2.75) is 40.0 Å². The number of nitrogen functional groups attached to an aromatic ring is 1. The van der Waals surface area contributed by atoms with Crippen LogP contribution < -0.4 is 10.6 Å². The molecule has 5 heteroatoms. The van der Waals surface area contributed by atoms with Crippen LogP contribution >= 0.6 is 0 Å². The van der Waals surface area contributed by atoms with Crippen LogP contribution in [0.5, 0.6) is 0 Å². The summed E-state index contributed by atoms with van der Waals surface area (Å²) in [5.41, 5.74) is 11.4. The van der Waals surface area contributed by atoms with E-state index in [1.165, 1.54) is 0 Å². The quantitative estimate of drug-likeness (QED) is 0.671. The van der Waals surface area contributed by atoms with Gasteiger partial charge in [-0.05, 0) is 56.4 Å². The van der Waals surface area contributed by atoms with Gasteiger partial charge in [0.2, 0.25) is 0 Å². The number of aromatic nitrogens is 1. The molecule has 126 valence electrons. The minimum absolute atomic E-state index is 0.0112. The summed E-state index contributed by atoms with van der Waals surface area (Å²) in [5, 5.41) is 0. The molecule has 0 bridgehead atoms.